The number of rotatable bonds is 7. The predicted molar refractivity (Wildman–Crippen MR) is 210 cm³/mol. The van der Waals surface area contributed by atoms with Crippen LogP contribution in [0.2, 0.25) is 0 Å². The average Bonchev–Trinajstić information content (AvgIpc) is 3.89. The second kappa shape index (κ2) is 12.7. The lowest BCUT2D eigenvalue weighted by atomic mass is 9.98. The summed E-state index contributed by atoms with van der Waals surface area (Å²) in [7, 11) is 0. The largest absolute Gasteiger partial charge is 0.457 e. The monoisotopic (exact) mass is 733 g/mol. The summed E-state index contributed by atoms with van der Waals surface area (Å²) in [5.41, 5.74) is 2.74. The van der Waals surface area contributed by atoms with Crippen LogP contribution in [-0.2, 0) is 0 Å². The van der Waals surface area contributed by atoms with E-state index in [1.165, 1.54) is 4.90 Å². The molecule has 0 spiro atoms. The number of Topliss-reactive ketones (excluding diaryl/α,β-unsaturated/α-hetero) is 2. The molecule has 2 amide bonds. The van der Waals surface area contributed by atoms with E-state index in [9.17, 15) is 24.0 Å². The van der Waals surface area contributed by atoms with Crippen molar-refractivity contribution >= 4 is 56.3 Å². The van der Waals surface area contributed by atoms with Crippen LogP contribution in [0.25, 0.3) is 27.2 Å². The van der Waals surface area contributed by atoms with Crippen LogP contribution in [-0.4, -0.2) is 33.3 Å². The standard InChI is InChI=1S/C46H27N3O7/c50-41-33-19-26-21-35-36(46(54)49(45(35)53)39-16-7-6-15-32(39)25-9-4-5-10-25)22-27(26)20-34(33)42(51)40(41)43-47-38-18-17-31(24-37(38)44(52)48-43)56-30-14-8-13-29(23-30)55-28-11-2-1-3-12-28/h1-9,11-24,40H,10H2,(H,47,48,52). The Balaban J connectivity index is 0.930. The molecule has 0 fully saturated rings. The fourth-order valence-corrected chi connectivity index (χ4v) is 7.63. The maximum absolute atomic E-state index is 13.9. The van der Waals surface area contributed by atoms with E-state index in [1.54, 1.807) is 78.9 Å². The predicted octanol–water partition coefficient (Wildman–Crippen LogP) is 8.97. The Kier molecular flexibility index (Phi) is 7.46. The zero-order valence-corrected chi connectivity index (χ0v) is 29.3. The number of nitrogens with one attached hydrogen (secondary N) is 1. The van der Waals surface area contributed by atoms with Crippen molar-refractivity contribution in [2.24, 2.45) is 0 Å². The molecule has 56 heavy (non-hydrogen) atoms. The van der Waals surface area contributed by atoms with Gasteiger partial charge in [-0.25, -0.2) is 9.88 Å². The molecule has 10 nitrogen and oxygen atoms in total. The van der Waals surface area contributed by atoms with Gasteiger partial charge in [-0.05, 0) is 95.6 Å². The zero-order valence-electron chi connectivity index (χ0n) is 29.3. The highest BCUT2D eigenvalue weighted by Gasteiger charge is 2.43. The lowest BCUT2D eigenvalue weighted by molar-refractivity contribution is 0.0880. The number of fused-ring (bicyclic) bond motifs is 4. The highest BCUT2D eigenvalue weighted by Crippen LogP contribution is 2.40. The summed E-state index contributed by atoms with van der Waals surface area (Å²) in [6.45, 7) is 0. The Hall–Kier alpha value is -7.72. The summed E-state index contributed by atoms with van der Waals surface area (Å²) < 4.78 is 11.9. The number of hydrogen-bond donors (Lipinski definition) is 1. The van der Waals surface area contributed by atoms with Gasteiger partial charge in [0.05, 0.1) is 27.7 Å². The topological polar surface area (TPSA) is 136 Å². The Bertz CT molecular complexity index is 2940. The summed E-state index contributed by atoms with van der Waals surface area (Å²) in [6.07, 6.45) is 6.61. The van der Waals surface area contributed by atoms with E-state index in [0.717, 1.165) is 11.1 Å². The summed E-state index contributed by atoms with van der Waals surface area (Å²) in [6, 6.07) is 34.8. The number of carbonyl (C=O) groups excluding carboxylic acids is 4. The van der Waals surface area contributed by atoms with Gasteiger partial charge >= 0.3 is 0 Å². The van der Waals surface area contributed by atoms with Gasteiger partial charge in [-0.15, -0.1) is 0 Å². The van der Waals surface area contributed by atoms with Crippen LogP contribution in [0.15, 0.2) is 144 Å². The smallest absolute Gasteiger partial charge is 0.266 e. The molecule has 2 aliphatic carbocycles. The number of nitrogens with zero attached hydrogens (tertiary/aromatic N) is 2. The minimum Gasteiger partial charge on any atom is -0.457 e. The maximum Gasteiger partial charge on any atom is 0.266 e. The molecule has 10 rings (SSSR count). The number of ketones is 2. The lowest BCUT2D eigenvalue weighted by Gasteiger charge is -2.18. The number of hydrogen-bond acceptors (Lipinski definition) is 8. The summed E-state index contributed by atoms with van der Waals surface area (Å²) in [5, 5.41) is 1.25. The number of anilines is 1. The molecular formula is C46H27N3O7. The molecule has 0 bridgehead atoms. The van der Waals surface area contributed by atoms with E-state index in [0.29, 0.717) is 45.9 Å². The first-order valence-corrected chi connectivity index (χ1v) is 17.9. The molecule has 1 aliphatic heterocycles. The van der Waals surface area contributed by atoms with Crippen LogP contribution in [0.3, 0.4) is 0 Å². The van der Waals surface area contributed by atoms with Crippen molar-refractivity contribution in [1.82, 2.24) is 9.97 Å². The lowest BCUT2D eigenvalue weighted by Crippen LogP contribution is -2.30. The molecule has 2 heterocycles. The number of benzene rings is 6. The van der Waals surface area contributed by atoms with E-state index >= 15 is 0 Å². The molecule has 1 aromatic heterocycles. The minimum atomic E-state index is -1.37. The molecule has 3 aliphatic rings. The molecule has 268 valence electrons. The van der Waals surface area contributed by atoms with Gasteiger partial charge in [0.2, 0.25) is 0 Å². The molecule has 0 saturated heterocycles. The molecule has 0 saturated carbocycles. The fourth-order valence-electron chi connectivity index (χ4n) is 7.63. The van der Waals surface area contributed by atoms with Gasteiger partial charge in [-0.3, -0.25) is 24.0 Å². The first kappa shape index (κ1) is 32.9. The highest BCUT2D eigenvalue weighted by atomic mass is 16.5. The fraction of sp³-hybridized carbons (Fsp3) is 0.0435. The van der Waals surface area contributed by atoms with Gasteiger partial charge in [0.1, 0.15) is 34.7 Å². The van der Waals surface area contributed by atoms with Crippen molar-refractivity contribution in [2.75, 3.05) is 4.90 Å². The van der Waals surface area contributed by atoms with Crippen molar-refractivity contribution < 1.29 is 28.7 Å². The second-order valence-electron chi connectivity index (χ2n) is 13.7. The first-order valence-electron chi connectivity index (χ1n) is 17.9. The molecule has 6 aromatic carbocycles. The van der Waals surface area contributed by atoms with Gasteiger partial charge in [-0.1, -0.05) is 60.7 Å². The number of aromatic nitrogens is 2. The SMILES string of the molecule is O=C1c2cc3cc4c(cc3cc2C(=O)C1c1nc2ccc(Oc3cccc(Oc5ccccc5)c3)cc2c(=O)[nH]1)C(=O)N(c1ccccc1C1=CC=CC1)C4=O. The number of amides is 2. The van der Waals surface area contributed by atoms with Crippen LogP contribution in [0.1, 0.15) is 65.2 Å². The van der Waals surface area contributed by atoms with E-state index in [4.69, 9.17) is 9.47 Å². The quantitative estimate of drug-likeness (QED) is 0.127. The van der Waals surface area contributed by atoms with Crippen LogP contribution in [0.4, 0.5) is 5.69 Å². The molecule has 10 heteroatoms. The third-order valence-electron chi connectivity index (χ3n) is 10.3. The van der Waals surface area contributed by atoms with E-state index < -0.39 is 34.9 Å². The average molecular weight is 734 g/mol. The Morgan fingerprint density at radius 1 is 0.589 bits per heavy atom. The maximum atomic E-state index is 13.9. The summed E-state index contributed by atoms with van der Waals surface area (Å²) in [4.78, 5) is 77.3. The molecule has 1 N–H and O–H groups in total. The number of imide groups is 1. The zero-order chi connectivity index (χ0) is 38.1. The number of aromatic amines is 1. The van der Waals surface area contributed by atoms with Crippen molar-refractivity contribution in [3.63, 3.8) is 0 Å². The third-order valence-corrected chi connectivity index (χ3v) is 10.3. The van der Waals surface area contributed by atoms with Crippen LogP contribution in [0, 0.1) is 0 Å². The van der Waals surface area contributed by atoms with E-state index in [-0.39, 0.29) is 39.0 Å². The Labute approximate surface area is 318 Å². The summed E-state index contributed by atoms with van der Waals surface area (Å²) in [5.74, 6) is -1.32. The first-order chi connectivity index (χ1) is 27.3. The molecule has 0 radical (unpaired) electrons. The summed E-state index contributed by atoms with van der Waals surface area (Å²) >= 11 is 0. The van der Waals surface area contributed by atoms with Crippen LogP contribution >= 0.6 is 0 Å². The number of allylic oxidation sites excluding steroid dienone is 4. The number of H-pyrrole nitrogens is 1. The van der Waals surface area contributed by atoms with Crippen molar-refractivity contribution in [1.29, 1.82) is 0 Å². The van der Waals surface area contributed by atoms with Gasteiger partial charge in [-0.2, -0.15) is 0 Å². The Morgan fingerprint density at radius 3 is 1.88 bits per heavy atom. The van der Waals surface area contributed by atoms with Gasteiger partial charge < -0.3 is 14.5 Å². The number of para-hydroxylation sites is 2. The highest BCUT2D eigenvalue weighted by molar-refractivity contribution is 6.36. The van der Waals surface area contributed by atoms with Gasteiger partial charge in [0, 0.05) is 22.8 Å². The van der Waals surface area contributed by atoms with Crippen LogP contribution in [0.5, 0.6) is 23.0 Å². The van der Waals surface area contributed by atoms with Crippen LogP contribution < -0.4 is 19.9 Å². The molecule has 0 atom stereocenters. The van der Waals surface area contributed by atoms with E-state index in [2.05, 4.69) is 9.97 Å². The van der Waals surface area contributed by atoms with Crippen molar-refractivity contribution in [3.8, 4) is 23.0 Å². The minimum absolute atomic E-state index is 0.0769. The molecular weight excluding hydrogens is 707 g/mol. The Morgan fingerprint density at radius 2 is 1.20 bits per heavy atom. The van der Waals surface area contributed by atoms with Crippen molar-refractivity contribution in [3.05, 3.63) is 184 Å². The van der Waals surface area contributed by atoms with Gasteiger partial charge in [0.15, 0.2) is 11.6 Å². The molecule has 0 unspecified atom stereocenters. The second-order valence-corrected chi connectivity index (χ2v) is 13.7. The van der Waals surface area contributed by atoms with Crippen molar-refractivity contribution in [2.45, 2.75) is 12.3 Å². The van der Waals surface area contributed by atoms with E-state index in [1.807, 2.05) is 60.7 Å². The number of carbonyl (C=O) groups is 4. The third kappa shape index (κ3) is 5.34. The number of ether oxygens (including phenoxy) is 2. The molecule has 7 aromatic rings. The van der Waals surface area contributed by atoms with Gasteiger partial charge in [0.25, 0.3) is 17.4 Å². The normalized spacial score (nSPS) is 14.9.